The van der Waals surface area contributed by atoms with Crippen LogP contribution in [-0.4, -0.2) is 39.6 Å². The second-order valence-electron chi connectivity index (χ2n) is 5.98. The molecule has 0 unspecified atom stereocenters. The highest BCUT2D eigenvalue weighted by Crippen LogP contribution is 2.40. The first kappa shape index (κ1) is 14.8. The monoisotopic (exact) mass is 334 g/mol. The van der Waals surface area contributed by atoms with E-state index < -0.39 is 0 Å². The zero-order valence-corrected chi connectivity index (χ0v) is 13.7. The first-order chi connectivity index (χ1) is 11.3. The van der Waals surface area contributed by atoms with Gasteiger partial charge in [-0.15, -0.1) is 11.3 Å². The number of hydrogen-bond acceptors (Lipinski definition) is 7. The van der Waals surface area contributed by atoms with E-state index in [9.17, 15) is 4.79 Å². The fourth-order valence-corrected chi connectivity index (χ4v) is 3.64. The molecule has 2 aliphatic rings. The van der Waals surface area contributed by atoms with Crippen LogP contribution in [0.2, 0.25) is 0 Å². The number of rotatable bonds is 5. The summed E-state index contributed by atoms with van der Waals surface area (Å²) in [4.78, 5) is 23.4. The molecule has 2 aromatic rings. The number of nitrogens with zero attached hydrogens (tertiary/aromatic N) is 4. The topological polar surface area (TPSA) is 81.4 Å². The maximum atomic E-state index is 12.7. The molecule has 1 saturated carbocycles. The van der Waals surface area contributed by atoms with Crippen molar-refractivity contribution in [1.82, 2.24) is 20.0 Å². The number of thiazole rings is 1. The van der Waals surface area contributed by atoms with Gasteiger partial charge in [0, 0.05) is 25.0 Å². The van der Waals surface area contributed by atoms with E-state index in [4.69, 9.17) is 9.26 Å². The molecular weight excluding hydrogens is 316 g/mol. The largest absolute Gasteiger partial charge is 0.378 e. The van der Waals surface area contributed by atoms with Crippen molar-refractivity contribution in [3.05, 3.63) is 27.8 Å². The third-order valence-electron chi connectivity index (χ3n) is 4.23. The molecule has 1 atom stereocenters. The van der Waals surface area contributed by atoms with Crippen LogP contribution in [0.3, 0.4) is 0 Å². The Bertz CT molecular complexity index is 709. The molecule has 2 aromatic heterocycles. The molecule has 1 aliphatic carbocycles. The van der Waals surface area contributed by atoms with Gasteiger partial charge in [0.25, 0.3) is 5.91 Å². The molecule has 23 heavy (non-hydrogen) atoms. The summed E-state index contributed by atoms with van der Waals surface area (Å²) in [6.45, 7) is 1.13. The SMILES string of the molecule is COCc1nc(C(=O)N2CCC[C@@H]2c2noc(C3CC3)n2)cs1. The zero-order valence-electron chi connectivity index (χ0n) is 12.9. The van der Waals surface area contributed by atoms with Crippen molar-refractivity contribution < 1.29 is 14.1 Å². The lowest BCUT2D eigenvalue weighted by molar-refractivity contribution is 0.0722. The van der Waals surface area contributed by atoms with Crippen molar-refractivity contribution in [3.8, 4) is 0 Å². The van der Waals surface area contributed by atoms with Crippen molar-refractivity contribution in [3.63, 3.8) is 0 Å². The van der Waals surface area contributed by atoms with Crippen LogP contribution in [-0.2, 0) is 11.3 Å². The molecule has 2 fully saturated rings. The highest BCUT2D eigenvalue weighted by atomic mass is 32.1. The van der Waals surface area contributed by atoms with Gasteiger partial charge in [0.2, 0.25) is 5.89 Å². The average Bonchev–Trinajstić information content (AvgIpc) is 2.99. The molecule has 0 spiro atoms. The molecule has 0 aromatic carbocycles. The number of hydrogen-bond donors (Lipinski definition) is 0. The predicted molar refractivity (Wildman–Crippen MR) is 82.1 cm³/mol. The van der Waals surface area contributed by atoms with Crippen molar-refractivity contribution in [1.29, 1.82) is 0 Å². The molecule has 1 aliphatic heterocycles. The van der Waals surface area contributed by atoms with E-state index in [0.29, 0.717) is 30.6 Å². The Morgan fingerprint density at radius 1 is 1.43 bits per heavy atom. The van der Waals surface area contributed by atoms with Gasteiger partial charge >= 0.3 is 0 Å². The maximum Gasteiger partial charge on any atom is 0.273 e. The number of likely N-dealkylation sites (tertiary alicyclic amines) is 1. The van der Waals surface area contributed by atoms with Gasteiger partial charge in [-0.05, 0) is 25.7 Å². The minimum Gasteiger partial charge on any atom is -0.378 e. The van der Waals surface area contributed by atoms with Crippen LogP contribution in [0.15, 0.2) is 9.90 Å². The summed E-state index contributed by atoms with van der Waals surface area (Å²) in [5.74, 6) is 1.71. The smallest absolute Gasteiger partial charge is 0.273 e. The Hall–Kier alpha value is -1.80. The maximum absolute atomic E-state index is 12.7. The van der Waals surface area contributed by atoms with Gasteiger partial charge < -0.3 is 14.2 Å². The van der Waals surface area contributed by atoms with E-state index in [1.165, 1.54) is 11.3 Å². The van der Waals surface area contributed by atoms with Crippen LogP contribution in [0.1, 0.15) is 64.9 Å². The normalized spacial score (nSPS) is 21.1. The van der Waals surface area contributed by atoms with E-state index in [1.54, 1.807) is 12.5 Å². The Balaban J connectivity index is 1.52. The lowest BCUT2D eigenvalue weighted by Crippen LogP contribution is -2.31. The molecule has 7 nitrogen and oxygen atoms in total. The number of methoxy groups -OCH3 is 1. The van der Waals surface area contributed by atoms with Gasteiger partial charge in [-0.2, -0.15) is 4.98 Å². The summed E-state index contributed by atoms with van der Waals surface area (Å²) in [5, 5.41) is 6.70. The summed E-state index contributed by atoms with van der Waals surface area (Å²) in [6.07, 6.45) is 4.05. The molecule has 0 bridgehead atoms. The van der Waals surface area contributed by atoms with Gasteiger partial charge in [0.15, 0.2) is 5.82 Å². The summed E-state index contributed by atoms with van der Waals surface area (Å²) >= 11 is 1.44. The third kappa shape index (κ3) is 2.88. The first-order valence-electron chi connectivity index (χ1n) is 7.84. The van der Waals surface area contributed by atoms with Crippen molar-refractivity contribution in [2.75, 3.05) is 13.7 Å². The Morgan fingerprint density at radius 3 is 3.09 bits per heavy atom. The Labute approximate surface area is 137 Å². The number of amides is 1. The van der Waals surface area contributed by atoms with Crippen molar-refractivity contribution in [2.45, 2.75) is 44.2 Å². The van der Waals surface area contributed by atoms with Crippen LogP contribution in [0.4, 0.5) is 0 Å². The molecule has 4 rings (SSSR count). The fraction of sp³-hybridized carbons (Fsp3) is 0.600. The summed E-state index contributed by atoms with van der Waals surface area (Å²) in [7, 11) is 1.62. The molecule has 1 saturated heterocycles. The summed E-state index contributed by atoms with van der Waals surface area (Å²) < 4.78 is 10.4. The standard InChI is InChI=1S/C15H18N4O3S/c1-21-7-12-16-10(8-23-12)15(20)19-6-2-3-11(19)13-17-14(22-18-13)9-4-5-9/h8-9,11H,2-7H2,1H3/t11-/m1/s1. The molecular formula is C15H18N4O3S. The van der Waals surface area contributed by atoms with Crippen molar-refractivity contribution in [2.24, 2.45) is 0 Å². The van der Waals surface area contributed by atoms with E-state index in [2.05, 4.69) is 15.1 Å². The van der Waals surface area contributed by atoms with Gasteiger partial charge in [0.1, 0.15) is 10.7 Å². The Kier molecular flexibility index (Phi) is 3.86. The van der Waals surface area contributed by atoms with E-state index >= 15 is 0 Å². The van der Waals surface area contributed by atoms with Gasteiger partial charge in [-0.25, -0.2) is 4.98 Å². The van der Waals surface area contributed by atoms with E-state index in [1.807, 2.05) is 4.90 Å². The van der Waals surface area contributed by atoms with E-state index in [0.717, 1.165) is 36.6 Å². The van der Waals surface area contributed by atoms with Gasteiger partial charge in [-0.3, -0.25) is 4.79 Å². The number of ether oxygens (including phenoxy) is 1. The predicted octanol–water partition coefficient (Wildman–Crippen LogP) is 2.53. The zero-order chi connectivity index (χ0) is 15.8. The minimum atomic E-state index is -0.105. The minimum absolute atomic E-state index is 0.0659. The van der Waals surface area contributed by atoms with Crippen LogP contribution < -0.4 is 0 Å². The van der Waals surface area contributed by atoms with Crippen LogP contribution in [0.5, 0.6) is 0 Å². The summed E-state index contributed by atoms with van der Waals surface area (Å²) in [5.41, 5.74) is 0.472. The molecule has 8 heteroatoms. The van der Waals surface area contributed by atoms with Crippen LogP contribution in [0, 0.1) is 0 Å². The van der Waals surface area contributed by atoms with Crippen molar-refractivity contribution >= 4 is 17.2 Å². The number of aromatic nitrogens is 3. The van der Waals surface area contributed by atoms with Crippen LogP contribution >= 0.6 is 11.3 Å². The number of carbonyl (C=O) groups excluding carboxylic acids is 1. The Morgan fingerprint density at radius 2 is 2.30 bits per heavy atom. The highest BCUT2D eigenvalue weighted by molar-refractivity contribution is 7.09. The molecule has 122 valence electrons. The summed E-state index contributed by atoms with van der Waals surface area (Å²) in [6, 6.07) is -0.105. The average molecular weight is 334 g/mol. The van der Waals surface area contributed by atoms with E-state index in [-0.39, 0.29) is 11.9 Å². The number of carbonyl (C=O) groups is 1. The molecule has 0 radical (unpaired) electrons. The second kappa shape index (κ2) is 6.01. The third-order valence-corrected chi connectivity index (χ3v) is 5.06. The van der Waals surface area contributed by atoms with Gasteiger partial charge in [0.05, 0.1) is 12.6 Å². The second-order valence-corrected chi connectivity index (χ2v) is 6.92. The molecule has 3 heterocycles. The fourth-order valence-electron chi connectivity index (χ4n) is 2.90. The first-order valence-corrected chi connectivity index (χ1v) is 8.72. The molecule has 1 amide bonds. The lowest BCUT2D eigenvalue weighted by Gasteiger charge is -2.21. The lowest BCUT2D eigenvalue weighted by atomic mass is 10.2. The quantitative estimate of drug-likeness (QED) is 0.836. The van der Waals surface area contributed by atoms with Gasteiger partial charge in [-0.1, -0.05) is 5.16 Å². The van der Waals surface area contributed by atoms with Crippen LogP contribution in [0.25, 0.3) is 0 Å². The molecule has 0 N–H and O–H groups in total. The highest BCUT2D eigenvalue weighted by Gasteiger charge is 2.36.